The van der Waals surface area contributed by atoms with Crippen molar-refractivity contribution in [3.8, 4) is 0 Å². The van der Waals surface area contributed by atoms with Gasteiger partial charge < -0.3 is 10.1 Å². The molecule has 0 saturated heterocycles. The van der Waals surface area contributed by atoms with Crippen LogP contribution in [0.2, 0.25) is 0 Å². The molecule has 0 aliphatic rings. The van der Waals surface area contributed by atoms with Crippen LogP contribution in [0.15, 0.2) is 48.5 Å². The summed E-state index contributed by atoms with van der Waals surface area (Å²) < 4.78 is 19.1. The topological polar surface area (TPSA) is 55.4 Å². The molecule has 122 valence electrons. The maximum absolute atomic E-state index is 13.7. The monoisotopic (exact) mass is 343 g/mol. The number of rotatable bonds is 4. The quantitative estimate of drug-likeness (QED) is 0.734. The first-order chi connectivity index (χ1) is 11.6. The number of amides is 1. The van der Waals surface area contributed by atoms with Crippen molar-refractivity contribution in [1.82, 2.24) is 5.32 Å². The third kappa shape index (κ3) is 3.28. The normalized spacial score (nSPS) is 10.6. The van der Waals surface area contributed by atoms with Crippen molar-refractivity contribution in [2.75, 3.05) is 7.11 Å². The number of ether oxygens (including phenoxy) is 1. The summed E-state index contributed by atoms with van der Waals surface area (Å²) in [5.74, 6) is -0.994. The molecule has 0 bridgehead atoms. The van der Waals surface area contributed by atoms with Gasteiger partial charge >= 0.3 is 5.97 Å². The Hall–Kier alpha value is -2.73. The van der Waals surface area contributed by atoms with Crippen molar-refractivity contribution in [2.24, 2.45) is 0 Å². The van der Waals surface area contributed by atoms with E-state index in [1.54, 1.807) is 42.5 Å². The molecule has 0 saturated carbocycles. The number of carbonyl (C=O) groups is 2. The van der Waals surface area contributed by atoms with E-state index in [-0.39, 0.29) is 11.7 Å². The van der Waals surface area contributed by atoms with E-state index < -0.39 is 5.97 Å². The van der Waals surface area contributed by atoms with Gasteiger partial charge in [0.2, 0.25) is 0 Å². The maximum Gasteiger partial charge on any atom is 0.337 e. The van der Waals surface area contributed by atoms with E-state index in [4.69, 9.17) is 0 Å². The summed E-state index contributed by atoms with van der Waals surface area (Å²) in [6.45, 7) is 0.316. The standard InChI is InChI=1S/C18H14FNO3S/c1-23-18(22)12-7-5-11(6-8-12)10-20-17(21)16-9-13-14(19)3-2-4-15(13)24-16/h2-9H,10H2,1H3,(H,20,21). The minimum absolute atomic E-state index is 0.257. The lowest BCUT2D eigenvalue weighted by Crippen LogP contribution is -2.21. The molecule has 24 heavy (non-hydrogen) atoms. The fourth-order valence-corrected chi connectivity index (χ4v) is 3.27. The zero-order valence-corrected chi connectivity index (χ0v) is 13.7. The summed E-state index contributed by atoms with van der Waals surface area (Å²) in [5, 5.41) is 3.24. The van der Waals surface area contributed by atoms with E-state index in [9.17, 15) is 14.0 Å². The Labute approximate surface area is 141 Å². The van der Waals surface area contributed by atoms with Crippen LogP contribution in [0.3, 0.4) is 0 Å². The number of hydrogen-bond acceptors (Lipinski definition) is 4. The minimum atomic E-state index is -0.405. The molecule has 1 aromatic heterocycles. The Morgan fingerprint density at radius 3 is 2.58 bits per heavy atom. The number of carbonyl (C=O) groups excluding carboxylic acids is 2. The molecule has 0 radical (unpaired) electrons. The summed E-state index contributed by atoms with van der Waals surface area (Å²) in [6.07, 6.45) is 0. The van der Waals surface area contributed by atoms with Crippen molar-refractivity contribution in [3.05, 3.63) is 70.4 Å². The summed E-state index contributed by atoms with van der Waals surface area (Å²) >= 11 is 1.25. The Bertz CT molecular complexity index is 902. The van der Waals surface area contributed by atoms with Crippen LogP contribution in [0.25, 0.3) is 10.1 Å². The molecule has 2 aromatic carbocycles. The number of hydrogen-bond donors (Lipinski definition) is 1. The number of esters is 1. The molecule has 3 aromatic rings. The number of methoxy groups -OCH3 is 1. The van der Waals surface area contributed by atoms with Gasteiger partial charge in [0.25, 0.3) is 5.91 Å². The van der Waals surface area contributed by atoms with Gasteiger partial charge in [-0.3, -0.25) is 4.79 Å². The Balaban J connectivity index is 1.68. The summed E-state index contributed by atoms with van der Waals surface area (Å²) in [5.41, 5.74) is 1.30. The van der Waals surface area contributed by atoms with Gasteiger partial charge in [0.15, 0.2) is 0 Å². The lowest BCUT2D eigenvalue weighted by atomic mass is 10.1. The zero-order chi connectivity index (χ0) is 17.1. The highest BCUT2D eigenvalue weighted by molar-refractivity contribution is 7.20. The van der Waals surface area contributed by atoms with Crippen LogP contribution in [0.1, 0.15) is 25.6 Å². The highest BCUT2D eigenvalue weighted by Crippen LogP contribution is 2.27. The molecule has 1 N–H and O–H groups in total. The van der Waals surface area contributed by atoms with Gasteiger partial charge in [-0.25, -0.2) is 9.18 Å². The van der Waals surface area contributed by atoms with Crippen LogP contribution in [0, 0.1) is 5.82 Å². The minimum Gasteiger partial charge on any atom is -0.465 e. The van der Waals surface area contributed by atoms with Gasteiger partial charge in [-0.1, -0.05) is 18.2 Å². The third-order valence-corrected chi connectivity index (χ3v) is 4.66. The molecule has 3 rings (SSSR count). The second kappa shape index (κ2) is 6.80. The average molecular weight is 343 g/mol. The van der Waals surface area contributed by atoms with Crippen LogP contribution in [-0.4, -0.2) is 19.0 Å². The Kier molecular flexibility index (Phi) is 4.57. The Morgan fingerprint density at radius 2 is 1.92 bits per heavy atom. The van der Waals surface area contributed by atoms with Crippen molar-refractivity contribution < 1.29 is 18.7 Å². The fraction of sp³-hybridized carbons (Fsp3) is 0.111. The van der Waals surface area contributed by atoms with E-state index in [0.717, 1.165) is 10.3 Å². The third-order valence-electron chi connectivity index (χ3n) is 3.56. The predicted octanol–water partition coefficient (Wildman–Crippen LogP) is 3.76. The number of fused-ring (bicyclic) bond motifs is 1. The summed E-state index contributed by atoms with van der Waals surface area (Å²) in [4.78, 5) is 24.1. The molecule has 0 unspecified atom stereocenters. The van der Waals surface area contributed by atoms with Crippen LogP contribution in [0.5, 0.6) is 0 Å². The average Bonchev–Trinajstić information content (AvgIpc) is 3.05. The molecular weight excluding hydrogens is 329 g/mol. The van der Waals surface area contributed by atoms with Gasteiger partial charge in [-0.05, 0) is 35.9 Å². The number of nitrogens with one attached hydrogen (secondary N) is 1. The SMILES string of the molecule is COC(=O)c1ccc(CNC(=O)c2cc3c(F)cccc3s2)cc1. The van der Waals surface area contributed by atoms with Gasteiger partial charge in [-0.15, -0.1) is 11.3 Å². The van der Waals surface area contributed by atoms with Gasteiger partial charge in [0.1, 0.15) is 5.82 Å². The molecule has 0 spiro atoms. The summed E-state index contributed by atoms with van der Waals surface area (Å²) in [7, 11) is 1.32. The largest absolute Gasteiger partial charge is 0.465 e. The first-order valence-corrected chi connectivity index (χ1v) is 8.03. The van der Waals surface area contributed by atoms with E-state index in [0.29, 0.717) is 22.4 Å². The zero-order valence-electron chi connectivity index (χ0n) is 12.8. The van der Waals surface area contributed by atoms with Crippen molar-refractivity contribution in [2.45, 2.75) is 6.54 Å². The first kappa shape index (κ1) is 16.1. The van der Waals surface area contributed by atoms with Gasteiger partial charge in [0.05, 0.1) is 17.6 Å². The predicted molar refractivity (Wildman–Crippen MR) is 90.7 cm³/mol. The molecule has 0 fully saturated rings. The molecule has 0 aliphatic heterocycles. The summed E-state index contributed by atoms with van der Waals surface area (Å²) in [6, 6.07) is 13.1. The van der Waals surface area contributed by atoms with Crippen LogP contribution < -0.4 is 5.32 Å². The lowest BCUT2D eigenvalue weighted by molar-refractivity contribution is 0.0600. The first-order valence-electron chi connectivity index (χ1n) is 7.22. The van der Waals surface area contributed by atoms with Crippen LogP contribution >= 0.6 is 11.3 Å². The molecule has 1 amide bonds. The lowest BCUT2D eigenvalue weighted by Gasteiger charge is -2.05. The van der Waals surface area contributed by atoms with Crippen LogP contribution in [-0.2, 0) is 11.3 Å². The smallest absolute Gasteiger partial charge is 0.337 e. The van der Waals surface area contributed by atoms with E-state index in [2.05, 4.69) is 10.1 Å². The maximum atomic E-state index is 13.7. The molecular formula is C18H14FNO3S. The number of halogens is 1. The van der Waals surface area contributed by atoms with Crippen molar-refractivity contribution in [3.63, 3.8) is 0 Å². The number of thiophene rings is 1. The molecule has 0 aliphatic carbocycles. The molecule has 6 heteroatoms. The second-order valence-electron chi connectivity index (χ2n) is 5.13. The molecule has 1 heterocycles. The van der Waals surface area contributed by atoms with E-state index in [1.165, 1.54) is 24.5 Å². The molecule has 4 nitrogen and oxygen atoms in total. The van der Waals surface area contributed by atoms with Crippen molar-refractivity contribution >= 4 is 33.3 Å². The fourth-order valence-electron chi connectivity index (χ4n) is 2.28. The highest BCUT2D eigenvalue weighted by atomic mass is 32.1. The number of benzene rings is 2. The van der Waals surface area contributed by atoms with Crippen molar-refractivity contribution in [1.29, 1.82) is 0 Å². The van der Waals surface area contributed by atoms with E-state index >= 15 is 0 Å². The Morgan fingerprint density at radius 1 is 1.17 bits per heavy atom. The highest BCUT2D eigenvalue weighted by Gasteiger charge is 2.12. The van der Waals surface area contributed by atoms with Gasteiger partial charge in [0, 0.05) is 16.6 Å². The van der Waals surface area contributed by atoms with Gasteiger partial charge in [-0.2, -0.15) is 0 Å². The van der Waals surface area contributed by atoms with E-state index in [1.807, 2.05) is 0 Å². The van der Waals surface area contributed by atoms with Crippen LogP contribution in [0.4, 0.5) is 4.39 Å². The molecule has 0 atom stereocenters. The second-order valence-corrected chi connectivity index (χ2v) is 6.22.